The van der Waals surface area contributed by atoms with Gasteiger partial charge >= 0.3 is 6.36 Å². The molecule has 0 saturated heterocycles. The topological polar surface area (TPSA) is 45.7 Å². The summed E-state index contributed by atoms with van der Waals surface area (Å²) in [5.41, 5.74) is 2.52. The van der Waals surface area contributed by atoms with Crippen molar-refractivity contribution in [2.24, 2.45) is 0 Å². The van der Waals surface area contributed by atoms with Crippen LogP contribution in [0.25, 0.3) is 10.2 Å². The molecule has 5 nitrogen and oxygen atoms in total. The van der Waals surface area contributed by atoms with E-state index in [-0.39, 0.29) is 18.1 Å². The van der Waals surface area contributed by atoms with Crippen LogP contribution in [0.15, 0.2) is 42.5 Å². The van der Waals surface area contributed by atoms with Crippen molar-refractivity contribution in [3.05, 3.63) is 53.6 Å². The lowest BCUT2D eigenvalue weighted by Gasteiger charge is -2.22. The maximum atomic E-state index is 13.0. The van der Waals surface area contributed by atoms with E-state index in [9.17, 15) is 18.0 Å². The van der Waals surface area contributed by atoms with E-state index in [0.717, 1.165) is 11.1 Å². The molecule has 0 aliphatic heterocycles. The largest absolute Gasteiger partial charge is 0.573 e. The van der Waals surface area contributed by atoms with Crippen LogP contribution in [-0.4, -0.2) is 49.3 Å². The minimum absolute atomic E-state index is 0.119. The predicted octanol–water partition coefficient (Wildman–Crippen LogP) is 4.64. The average molecular weight is 437 g/mol. The fraction of sp³-hybridized carbons (Fsp3) is 0.333. The fourth-order valence-corrected chi connectivity index (χ4v) is 3.85. The van der Waals surface area contributed by atoms with E-state index < -0.39 is 6.36 Å². The van der Waals surface area contributed by atoms with Crippen LogP contribution in [0.4, 0.5) is 18.3 Å². The highest BCUT2D eigenvalue weighted by Crippen LogP contribution is 2.33. The summed E-state index contributed by atoms with van der Waals surface area (Å²) in [7, 11) is 3.81. The van der Waals surface area contributed by atoms with Crippen LogP contribution >= 0.6 is 11.3 Å². The highest BCUT2D eigenvalue weighted by molar-refractivity contribution is 7.22. The Morgan fingerprint density at radius 3 is 2.43 bits per heavy atom. The zero-order chi connectivity index (χ0) is 21.9. The van der Waals surface area contributed by atoms with Gasteiger partial charge in [-0.3, -0.25) is 9.69 Å². The summed E-state index contributed by atoms with van der Waals surface area (Å²) in [6, 6.07) is 11.7. The van der Waals surface area contributed by atoms with Crippen LogP contribution in [0.3, 0.4) is 0 Å². The molecule has 0 aliphatic rings. The first kappa shape index (κ1) is 22.0. The average Bonchev–Trinajstić information content (AvgIpc) is 3.05. The molecule has 0 atom stereocenters. The van der Waals surface area contributed by atoms with Crippen LogP contribution in [0, 0.1) is 6.92 Å². The monoisotopic (exact) mass is 437 g/mol. The number of aryl methyl sites for hydroxylation is 1. The molecule has 3 rings (SSSR count). The molecule has 0 spiro atoms. The van der Waals surface area contributed by atoms with Crippen molar-refractivity contribution in [1.82, 2.24) is 9.88 Å². The molecule has 30 heavy (non-hydrogen) atoms. The number of carbonyl (C=O) groups is 1. The van der Waals surface area contributed by atoms with Crippen molar-refractivity contribution in [1.29, 1.82) is 0 Å². The number of aromatic nitrogens is 1. The summed E-state index contributed by atoms with van der Waals surface area (Å²) >= 11 is 1.17. The Hall–Kier alpha value is -2.65. The first-order valence-electron chi connectivity index (χ1n) is 9.28. The number of nitrogens with zero attached hydrogens (tertiary/aromatic N) is 3. The Balaban J connectivity index is 1.87. The number of alkyl halides is 3. The molecule has 1 aromatic heterocycles. The number of rotatable bonds is 7. The van der Waals surface area contributed by atoms with Gasteiger partial charge in [-0.1, -0.05) is 41.2 Å². The van der Waals surface area contributed by atoms with E-state index in [1.165, 1.54) is 29.5 Å². The van der Waals surface area contributed by atoms with Gasteiger partial charge in [0, 0.05) is 19.2 Å². The molecule has 0 aliphatic carbocycles. The molecule has 0 N–H and O–H groups in total. The van der Waals surface area contributed by atoms with Gasteiger partial charge in [0.15, 0.2) is 5.13 Å². The standard InChI is InChI=1S/C21H22F3N3O2S/c1-14-4-6-15(7-5-14)12-19(28)27(11-10-26(2)3)20-25-17-9-8-16(13-18(17)30-20)29-21(22,23)24/h4-9,13H,10-12H2,1-3H3. The number of hydrogen-bond donors (Lipinski definition) is 0. The first-order valence-corrected chi connectivity index (χ1v) is 10.1. The Labute approximate surface area is 176 Å². The summed E-state index contributed by atoms with van der Waals surface area (Å²) < 4.78 is 42.0. The molecule has 0 saturated carbocycles. The SMILES string of the molecule is Cc1ccc(CC(=O)N(CCN(C)C)c2nc3ccc(OC(F)(F)F)cc3s2)cc1. The molecule has 0 radical (unpaired) electrons. The second kappa shape index (κ2) is 9.01. The number of thiazole rings is 1. The number of hydrogen-bond acceptors (Lipinski definition) is 5. The van der Waals surface area contributed by atoms with Gasteiger partial charge in [-0.2, -0.15) is 0 Å². The highest BCUT2D eigenvalue weighted by Gasteiger charge is 2.31. The maximum Gasteiger partial charge on any atom is 0.573 e. The van der Waals surface area contributed by atoms with Crippen molar-refractivity contribution < 1.29 is 22.7 Å². The van der Waals surface area contributed by atoms with E-state index in [2.05, 4.69) is 9.72 Å². The summed E-state index contributed by atoms with van der Waals surface area (Å²) in [6.45, 7) is 3.02. The number of benzene rings is 2. The van der Waals surface area contributed by atoms with Gasteiger partial charge < -0.3 is 9.64 Å². The van der Waals surface area contributed by atoms with Gasteiger partial charge in [-0.15, -0.1) is 13.2 Å². The van der Waals surface area contributed by atoms with Crippen LogP contribution in [0.5, 0.6) is 5.75 Å². The van der Waals surface area contributed by atoms with Crippen LogP contribution < -0.4 is 9.64 Å². The van der Waals surface area contributed by atoms with Crippen molar-refractivity contribution in [2.45, 2.75) is 19.7 Å². The molecular formula is C21H22F3N3O2S. The Morgan fingerprint density at radius 2 is 1.80 bits per heavy atom. The third-order valence-corrected chi connectivity index (χ3v) is 5.40. The van der Waals surface area contributed by atoms with Crippen molar-refractivity contribution in [3.8, 4) is 5.75 Å². The van der Waals surface area contributed by atoms with Gasteiger partial charge in [0.05, 0.1) is 16.6 Å². The van der Waals surface area contributed by atoms with Crippen LogP contribution in [0.1, 0.15) is 11.1 Å². The van der Waals surface area contributed by atoms with Crippen molar-refractivity contribution in [2.75, 3.05) is 32.1 Å². The summed E-state index contributed by atoms with van der Waals surface area (Å²) in [4.78, 5) is 21.1. The molecule has 0 unspecified atom stereocenters. The third kappa shape index (κ3) is 5.93. The molecule has 160 valence electrons. The number of amides is 1. The zero-order valence-electron chi connectivity index (χ0n) is 16.9. The van der Waals surface area contributed by atoms with E-state index in [1.54, 1.807) is 4.90 Å². The number of fused-ring (bicyclic) bond motifs is 1. The fourth-order valence-electron chi connectivity index (χ4n) is 2.81. The summed E-state index contributed by atoms with van der Waals surface area (Å²) in [5, 5.41) is 0.452. The molecule has 0 bridgehead atoms. The van der Waals surface area contributed by atoms with Crippen molar-refractivity contribution >= 4 is 32.6 Å². The Morgan fingerprint density at radius 1 is 1.10 bits per heavy atom. The minimum Gasteiger partial charge on any atom is -0.406 e. The second-order valence-corrected chi connectivity index (χ2v) is 8.19. The molecular weight excluding hydrogens is 415 g/mol. The van der Waals surface area contributed by atoms with E-state index in [4.69, 9.17) is 0 Å². The lowest BCUT2D eigenvalue weighted by Crippen LogP contribution is -2.37. The smallest absolute Gasteiger partial charge is 0.406 e. The Kier molecular flexibility index (Phi) is 6.62. The van der Waals surface area contributed by atoms with Gasteiger partial charge in [0.25, 0.3) is 0 Å². The minimum atomic E-state index is -4.76. The van der Waals surface area contributed by atoms with Gasteiger partial charge in [0.1, 0.15) is 5.75 Å². The number of ether oxygens (including phenoxy) is 1. The highest BCUT2D eigenvalue weighted by atomic mass is 32.1. The zero-order valence-corrected chi connectivity index (χ0v) is 17.7. The van der Waals surface area contributed by atoms with Crippen molar-refractivity contribution in [3.63, 3.8) is 0 Å². The Bertz CT molecular complexity index is 1020. The summed E-state index contributed by atoms with van der Waals surface area (Å²) in [5.74, 6) is -0.428. The van der Waals surface area contributed by atoms with Gasteiger partial charge in [0.2, 0.25) is 5.91 Å². The lowest BCUT2D eigenvalue weighted by molar-refractivity contribution is -0.274. The third-order valence-electron chi connectivity index (χ3n) is 4.36. The van der Waals surface area contributed by atoms with Crippen LogP contribution in [-0.2, 0) is 11.2 Å². The second-order valence-electron chi connectivity index (χ2n) is 7.18. The van der Waals surface area contributed by atoms with Crippen LogP contribution in [0.2, 0.25) is 0 Å². The molecule has 1 amide bonds. The quantitative estimate of drug-likeness (QED) is 0.540. The number of likely N-dealkylation sites (N-methyl/N-ethyl adjacent to an activating group) is 1. The molecule has 3 aromatic rings. The lowest BCUT2D eigenvalue weighted by atomic mass is 10.1. The molecule has 1 heterocycles. The number of carbonyl (C=O) groups excluding carboxylic acids is 1. The van der Waals surface area contributed by atoms with E-state index >= 15 is 0 Å². The molecule has 0 fully saturated rings. The number of anilines is 1. The molecule has 9 heteroatoms. The molecule has 2 aromatic carbocycles. The van der Waals surface area contributed by atoms with E-state index in [0.29, 0.717) is 28.4 Å². The maximum absolute atomic E-state index is 13.0. The normalized spacial score (nSPS) is 11.8. The van der Waals surface area contributed by atoms with Gasteiger partial charge in [-0.25, -0.2) is 4.98 Å². The van der Waals surface area contributed by atoms with E-state index in [1.807, 2.05) is 50.2 Å². The number of halogens is 3. The predicted molar refractivity (Wildman–Crippen MR) is 112 cm³/mol. The van der Waals surface area contributed by atoms with Gasteiger partial charge in [-0.05, 0) is 38.7 Å². The summed E-state index contributed by atoms with van der Waals surface area (Å²) in [6.07, 6.45) is -4.55. The first-order chi connectivity index (χ1) is 14.1.